The van der Waals surface area contributed by atoms with Crippen molar-refractivity contribution in [1.82, 2.24) is 30.8 Å². The molecule has 4 heterocycles. The maximum absolute atomic E-state index is 13.9. The molecule has 0 aliphatic carbocycles. The van der Waals surface area contributed by atoms with Crippen molar-refractivity contribution in [2.45, 2.75) is 85.6 Å². The molecule has 3 atom stereocenters. The second-order valence-corrected chi connectivity index (χ2v) is 12.7. The molecule has 9 heteroatoms. The number of amides is 1. The van der Waals surface area contributed by atoms with Crippen molar-refractivity contribution in [2.75, 3.05) is 37.6 Å². The number of piperidine rings is 1. The quantitative estimate of drug-likeness (QED) is 0.294. The highest BCUT2D eigenvalue weighted by atomic mass is 16.1. The lowest BCUT2D eigenvalue weighted by molar-refractivity contribution is 0.0950. The van der Waals surface area contributed by atoms with Gasteiger partial charge < -0.3 is 25.8 Å². The SMILES string of the molecule is CCN(c1cc(-c2ccc(CN3CCNCC3)nc2)cc(C(=O)NCc2c(C)cc(C)[nH]c2=O)c1C)C1CC(C)N[C@H](C)C1. The Balaban J connectivity index is 1.48. The van der Waals surface area contributed by atoms with Crippen LogP contribution >= 0.6 is 0 Å². The summed E-state index contributed by atoms with van der Waals surface area (Å²) in [5.74, 6) is -0.184. The van der Waals surface area contributed by atoms with E-state index < -0.39 is 0 Å². The first-order chi connectivity index (χ1) is 21.1. The Morgan fingerprint density at radius 1 is 1.05 bits per heavy atom. The Morgan fingerprint density at radius 3 is 2.41 bits per heavy atom. The molecule has 2 aromatic heterocycles. The van der Waals surface area contributed by atoms with Crippen molar-refractivity contribution in [3.8, 4) is 11.1 Å². The van der Waals surface area contributed by atoms with Crippen molar-refractivity contribution < 1.29 is 4.79 Å². The number of anilines is 1. The molecule has 5 rings (SSSR count). The lowest BCUT2D eigenvalue weighted by Crippen LogP contribution is -2.51. The maximum atomic E-state index is 13.9. The van der Waals surface area contributed by atoms with Gasteiger partial charge >= 0.3 is 0 Å². The summed E-state index contributed by atoms with van der Waals surface area (Å²) in [4.78, 5) is 39.1. The van der Waals surface area contributed by atoms with Crippen LogP contribution in [-0.2, 0) is 13.1 Å². The molecule has 0 saturated carbocycles. The number of nitrogens with zero attached hydrogens (tertiary/aromatic N) is 3. The molecule has 2 aliphatic rings. The van der Waals surface area contributed by atoms with E-state index in [-0.39, 0.29) is 18.0 Å². The number of hydrogen-bond acceptors (Lipinski definition) is 7. The zero-order chi connectivity index (χ0) is 31.4. The lowest BCUT2D eigenvalue weighted by atomic mass is 9.91. The molecule has 2 saturated heterocycles. The number of aryl methyl sites for hydroxylation is 2. The standard InChI is InChI=1S/C35H49N7O2/c1-7-42(30-15-24(4)39-25(5)16-30)33-18-28(27-8-9-29(37-19-27)21-41-12-10-36-11-13-41)17-31(26(33)6)34(43)38-20-32-22(2)14-23(3)40-35(32)44/h8-9,14,17-19,24-25,30,36,39H,7,10-13,15-16,20-21H2,1-6H3,(H,38,43)(H,40,44)/t24-,25?,30?/m1/s1. The van der Waals surface area contributed by atoms with Crippen molar-refractivity contribution in [2.24, 2.45) is 0 Å². The predicted molar refractivity (Wildman–Crippen MR) is 178 cm³/mol. The number of hydrogen-bond donors (Lipinski definition) is 4. The molecular formula is C35H49N7O2. The Labute approximate surface area is 261 Å². The third-order valence-corrected chi connectivity index (χ3v) is 9.21. The van der Waals surface area contributed by atoms with Gasteiger partial charge in [-0.3, -0.25) is 19.5 Å². The van der Waals surface area contributed by atoms with Crippen LogP contribution < -0.4 is 26.4 Å². The van der Waals surface area contributed by atoms with Crippen LogP contribution in [0.1, 0.15) is 72.0 Å². The van der Waals surface area contributed by atoms with E-state index >= 15 is 0 Å². The maximum Gasteiger partial charge on any atom is 0.253 e. The van der Waals surface area contributed by atoms with Crippen molar-refractivity contribution in [3.63, 3.8) is 0 Å². The largest absolute Gasteiger partial charge is 0.368 e. The van der Waals surface area contributed by atoms with E-state index in [2.05, 4.69) is 69.7 Å². The number of aromatic amines is 1. The minimum Gasteiger partial charge on any atom is -0.368 e. The van der Waals surface area contributed by atoms with Gasteiger partial charge in [0, 0.05) is 98.2 Å². The molecule has 2 fully saturated rings. The van der Waals surface area contributed by atoms with Crippen LogP contribution in [0.4, 0.5) is 5.69 Å². The summed E-state index contributed by atoms with van der Waals surface area (Å²) in [7, 11) is 0. The fraction of sp³-hybridized carbons (Fsp3) is 0.514. The van der Waals surface area contributed by atoms with Crippen LogP contribution in [0.25, 0.3) is 11.1 Å². The van der Waals surface area contributed by atoms with Crippen molar-refractivity contribution >= 4 is 11.6 Å². The van der Waals surface area contributed by atoms with Gasteiger partial charge in [-0.15, -0.1) is 0 Å². The van der Waals surface area contributed by atoms with E-state index in [0.717, 1.165) is 91.4 Å². The number of aromatic nitrogens is 2. The van der Waals surface area contributed by atoms with Crippen LogP contribution in [0, 0.1) is 20.8 Å². The van der Waals surface area contributed by atoms with Crippen molar-refractivity contribution in [1.29, 1.82) is 0 Å². The van der Waals surface area contributed by atoms with Crippen LogP contribution in [0.5, 0.6) is 0 Å². The highest BCUT2D eigenvalue weighted by molar-refractivity contribution is 5.99. The lowest BCUT2D eigenvalue weighted by Gasteiger charge is -2.41. The number of nitrogens with one attached hydrogen (secondary N) is 4. The molecule has 0 radical (unpaired) electrons. The molecule has 0 bridgehead atoms. The van der Waals surface area contributed by atoms with E-state index in [1.807, 2.05) is 39.1 Å². The van der Waals surface area contributed by atoms with E-state index in [9.17, 15) is 9.59 Å². The van der Waals surface area contributed by atoms with E-state index in [1.54, 1.807) is 0 Å². The summed E-state index contributed by atoms with van der Waals surface area (Å²) in [6.07, 6.45) is 4.02. The minimum absolute atomic E-state index is 0.160. The van der Waals surface area contributed by atoms with Crippen molar-refractivity contribution in [3.05, 3.63) is 80.5 Å². The first-order valence-electron chi connectivity index (χ1n) is 16.2. The number of pyridine rings is 2. The molecule has 44 heavy (non-hydrogen) atoms. The predicted octanol–water partition coefficient (Wildman–Crippen LogP) is 4.05. The number of H-pyrrole nitrogens is 1. The van der Waals surface area contributed by atoms with Gasteiger partial charge in [0.15, 0.2) is 0 Å². The summed E-state index contributed by atoms with van der Waals surface area (Å²) >= 11 is 0. The molecule has 9 nitrogen and oxygen atoms in total. The fourth-order valence-electron chi connectivity index (χ4n) is 6.97. The summed E-state index contributed by atoms with van der Waals surface area (Å²) < 4.78 is 0. The first kappa shape index (κ1) is 31.9. The van der Waals surface area contributed by atoms with Gasteiger partial charge in [0.2, 0.25) is 0 Å². The molecule has 0 spiro atoms. The molecule has 4 N–H and O–H groups in total. The van der Waals surface area contributed by atoms with Gasteiger partial charge in [-0.1, -0.05) is 6.07 Å². The molecule has 2 unspecified atom stereocenters. The highest BCUT2D eigenvalue weighted by Gasteiger charge is 2.29. The number of carbonyl (C=O) groups excluding carboxylic acids is 1. The van der Waals surface area contributed by atoms with Gasteiger partial charge in [-0.25, -0.2) is 0 Å². The molecular weight excluding hydrogens is 550 g/mol. The van der Waals surface area contributed by atoms with E-state index in [4.69, 9.17) is 4.98 Å². The Hall–Kier alpha value is -3.53. The summed E-state index contributed by atoms with van der Waals surface area (Å²) in [6.45, 7) is 18.4. The fourth-order valence-corrected chi connectivity index (χ4v) is 6.97. The third-order valence-electron chi connectivity index (χ3n) is 9.21. The number of rotatable bonds is 9. The molecule has 2 aliphatic heterocycles. The summed E-state index contributed by atoms with van der Waals surface area (Å²) in [5, 5.41) is 10.1. The van der Waals surface area contributed by atoms with Crippen LogP contribution in [0.3, 0.4) is 0 Å². The Kier molecular flexibility index (Phi) is 10.2. The average Bonchev–Trinajstić information content (AvgIpc) is 2.98. The van der Waals surface area contributed by atoms with Crippen LogP contribution in [0.2, 0.25) is 0 Å². The summed E-state index contributed by atoms with van der Waals surface area (Å²) in [5.41, 5.74) is 7.75. The first-order valence-corrected chi connectivity index (χ1v) is 16.2. The zero-order valence-corrected chi connectivity index (χ0v) is 27.2. The van der Waals surface area contributed by atoms with Crippen LogP contribution in [-0.4, -0.2) is 71.6 Å². The molecule has 1 amide bonds. The molecule has 236 valence electrons. The zero-order valence-electron chi connectivity index (χ0n) is 27.2. The topological polar surface area (TPSA) is 105 Å². The Bertz CT molecular complexity index is 1500. The van der Waals surface area contributed by atoms with Gasteiger partial charge in [0.05, 0.1) is 5.69 Å². The van der Waals surface area contributed by atoms with Gasteiger partial charge in [0.25, 0.3) is 11.5 Å². The smallest absolute Gasteiger partial charge is 0.253 e. The molecule has 3 aromatic rings. The molecule has 1 aromatic carbocycles. The van der Waals surface area contributed by atoms with Gasteiger partial charge in [-0.2, -0.15) is 0 Å². The van der Waals surface area contributed by atoms with E-state index in [0.29, 0.717) is 29.3 Å². The van der Waals surface area contributed by atoms with Gasteiger partial charge in [0.1, 0.15) is 0 Å². The Morgan fingerprint density at radius 2 is 1.77 bits per heavy atom. The normalized spacial score (nSPS) is 20.8. The average molecular weight is 600 g/mol. The number of carbonyl (C=O) groups is 1. The third kappa shape index (κ3) is 7.39. The number of piperazine rings is 1. The minimum atomic E-state index is -0.184. The summed E-state index contributed by atoms with van der Waals surface area (Å²) in [6, 6.07) is 11.6. The van der Waals surface area contributed by atoms with Crippen LogP contribution in [0.15, 0.2) is 41.3 Å². The number of benzene rings is 1. The highest BCUT2D eigenvalue weighted by Crippen LogP contribution is 2.34. The van der Waals surface area contributed by atoms with E-state index in [1.165, 1.54) is 0 Å². The monoisotopic (exact) mass is 599 g/mol. The second kappa shape index (κ2) is 14.1. The second-order valence-electron chi connectivity index (χ2n) is 12.7. The van der Waals surface area contributed by atoms with Gasteiger partial charge in [-0.05, 0) is 95.3 Å².